The number of furan rings is 1. The molecular weight excluding hydrogens is 156 g/mol. The summed E-state index contributed by atoms with van der Waals surface area (Å²) in [7, 11) is 0. The van der Waals surface area contributed by atoms with E-state index in [1.54, 1.807) is 12.1 Å². The van der Waals surface area contributed by atoms with Crippen molar-refractivity contribution in [2.45, 2.75) is 26.4 Å². The fraction of sp³-hybridized carbons (Fsp3) is 0.444. The summed E-state index contributed by atoms with van der Waals surface area (Å²) in [5, 5.41) is 0. The monoisotopic (exact) mass is 168 g/mol. The Labute approximate surface area is 71.3 Å². The molecule has 0 aromatic carbocycles. The van der Waals surface area contributed by atoms with Crippen molar-refractivity contribution in [3.05, 3.63) is 24.2 Å². The second-order valence-corrected chi connectivity index (χ2v) is 3.48. The van der Waals surface area contributed by atoms with Crippen LogP contribution in [0.4, 0.5) is 0 Å². The van der Waals surface area contributed by atoms with Crippen molar-refractivity contribution in [1.29, 1.82) is 0 Å². The second kappa shape index (κ2) is 3.01. The molecule has 0 aliphatic carbocycles. The van der Waals surface area contributed by atoms with Crippen LogP contribution < -0.4 is 0 Å². The van der Waals surface area contributed by atoms with Gasteiger partial charge in [0.2, 0.25) is 5.76 Å². The van der Waals surface area contributed by atoms with Gasteiger partial charge < -0.3 is 9.15 Å². The Morgan fingerprint density at radius 2 is 2.17 bits per heavy atom. The third-order valence-corrected chi connectivity index (χ3v) is 1.12. The Morgan fingerprint density at radius 1 is 1.50 bits per heavy atom. The van der Waals surface area contributed by atoms with E-state index in [4.69, 9.17) is 9.15 Å². The molecule has 0 saturated heterocycles. The Kier molecular flexibility index (Phi) is 2.22. The zero-order chi connectivity index (χ0) is 9.19. The highest BCUT2D eigenvalue weighted by Gasteiger charge is 2.19. The minimum absolute atomic E-state index is 0.241. The number of ether oxygens (including phenoxy) is 1. The Morgan fingerprint density at radius 3 is 2.58 bits per heavy atom. The van der Waals surface area contributed by atoms with Crippen LogP contribution in [0.15, 0.2) is 22.8 Å². The first-order chi connectivity index (χ1) is 5.49. The summed E-state index contributed by atoms with van der Waals surface area (Å²) in [6.07, 6.45) is 1.44. The van der Waals surface area contributed by atoms with E-state index in [0.717, 1.165) is 0 Å². The third-order valence-electron chi connectivity index (χ3n) is 1.12. The Hall–Kier alpha value is -1.25. The van der Waals surface area contributed by atoms with Crippen molar-refractivity contribution in [2.24, 2.45) is 0 Å². The SMILES string of the molecule is CC(C)(C)OC(=O)c1ccco1. The molecule has 12 heavy (non-hydrogen) atoms. The van der Waals surface area contributed by atoms with E-state index >= 15 is 0 Å². The molecule has 66 valence electrons. The van der Waals surface area contributed by atoms with E-state index in [1.165, 1.54) is 6.26 Å². The highest BCUT2D eigenvalue weighted by Crippen LogP contribution is 2.11. The van der Waals surface area contributed by atoms with Crippen molar-refractivity contribution in [3.8, 4) is 0 Å². The van der Waals surface area contributed by atoms with Gasteiger partial charge in [-0.15, -0.1) is 0 Å². The average Bonchev–Trinajstić information content (AvgIpc) is 2.32. The lowest BCUT2D eigenvalue weighted by atomic mass is 10.2. The van der Waals surface area contributed by atoms with Gasteiger partial charge in [0.15, 0.2) is 0 Å². The fourth-order valence-corrected chi connectivity index (χ4v) is 0.723. The summed E-state index contributed by atoms with van der Waals surface area (Å²) in [4.78, 5) is 11.2. The van der Waals surface area contributed by atoms with Gasteiger partial charge in [0.05, 0.1) is 6.26 Å². The molecule has 0 unspecified atom stereocenters. The quantitative estimate of drug-likeness (QED) is 0.603. The highest BCUT2D eigenvalue weighted by atomic mass is 16.6. The number of esters is 1. The van der Waals surface area contributed by atoms with Crippen LogP contribution in [0.1, 0.15) is 31.3 Å². The summed E-state index contributed by atoms with van der Waals surface area (Å²) in [5.41, 5.74) is -0.468. The standard InChI is InChI=1S/C9H12O3/c1-9(2,3)12-8(10)7-5-4-6-11-7/h4-6H,1-3H3. The highest BCUT2D eigenvalue weighted by molar-refractivity contribution is 5.86. The van der Waals surface area contributed by atoms with Crippen LogP contribution in [0.25, 0.3) is 0 Å². The number of hydrogen-bond donors (Lipinski definition) is 0. The third kappa shape index (κ3) is 2.42. The van der Waals surface area contributed by atoms with Gasteiger partial charge in [-0.25, -0.2) is 4.79 Å². The van der Waals surface area contributed by atoms with Gasteiger partial charge in [-0.05, 0) is 32.9 Å². The van der Waals surface area contributed by atoms with Crippen LogP contribution in [-0.4, -0.2) is 11.6 Å². The topological polar surface area (TPSA) is 39.4 Å². The molecule has 3 heteroatoms. The molecule has 1 rings (SSSR count). The van der Waals surface area contributed by atoms with Crippen molar-refractivity contribution >= 4 is 5.97 Å². The predicted molar refractivity (Wildman–Crippen MR) is 43.9 cm³/mol. The lowest BCUT2D eigenvalue weighted by Crippen LogP contribution is -2.23. The first-order valence-corrected chi connectivity index (χ1v) is 3.76. The van der Waals surface area contributed by atoms with Crippen molar-refractivity contribution in [3.63, 3.8) is 0 Å². The molecule has 0 radical (unpaired) electrons. The molecule has 0 aliphatic heterocycles. The van der Waals surface area contributed by atoms with Crippen LogP contribution in [0.5, 0.6) is 0 Å². The van der Waals surface area contributed by atoms with Crippen molar-refractivity contribution < 1.29 is 13.9 Å². The minimum atomic E-state index is -0.468. The maximum atomic E-state index is 11.2. The van der Waals surface area contributed by atoms with Crippen LogP contribution >= 0.6 is 0 Å². The molecule has 0 spiro atoms. The van der Waals surface area contributed by atoms with Crippen molar-refractivity contribution in [1.82, 2.24) is 0 Å². The van der Waals surface area contributed by atoms with Gasteiger partial charge in [0.1, 0.15) is 5.60 Å². The van der Waals surface area contributed by atoms with Gasteiger partial charge in [-0.1, -0.05) is 0 Å². The van der Waals surface area contributed by atoms with E-state index in [1.807, 2.05) is 20.8 Å². The maximum absolute atomic E-state index is 11.2. The van der Waals surface area contributed by atoms with Gasteiger partial charge >= 0.3 is 5.97 Å². The summed E-state index contributed by atoms with van der Waals surface area (Å²) in [5.74, 6) is -0.183. The Bertz CT molecular complexity index is 254. The molecule has 0 saturated carbocycles. The molecule has 0 bridgehead atoms. The maximum Gasteiger partial charge on any atom is 0.374 e. The molecule has 1 aromatic heterocycles. The average molecular weight is 168 g/mol. The van der Waals surface area contributed by atoms with Crippen LogP contribution in [-0.2, 0) is 4.74 Å². The zero-order valence-corrected chi connectivity index (χ0v) is 7.46. The van der Waals surface area contributed by atoms with Crippen LogP contribution in [0, 0.1) is 0 Å². The molecule has 0 fully saturated rings. The number of hydrogen-bond acceptors (Lipinski definition) is 3. The first-order valence-electron chi connectivity index (χ1n) is 3.76. The second-order valence-electron chi connectivity index (χ2n) is 3.48. The Balaban J connectivity index is 2.63. The summed E-state index contributed by atoms with van der Waals surface area (Å²) in [6.45, 7) is 5.44. The molecule has 0 atom stereocenters. The number of rotatable bonds is 1. The predicted octanol–water partition coefficient (Wildman–Crippen LogP) is 2.23. The molecule has 0 aliphatic rings. The van der Waals surface area contributed by atoms with Crippen LogP contribution in [0.3, 0.4) is 0 Å². The van der Waals surface area contributed by atoms with Gasteiger partial charge in [-0.3, -0.25) is 0 Å². The van der Waals surface area contributed by atoms with Crippen LogP contribution in [0.2, 0.25) is 0 Å². The number of carbonyl (C=O) groups is 1. The molecule has 1 heterocycles. The summed E-state index contributed by atoms with van der Waals surface area (Å²) >= 11 is 0. The lowest BCUT2D eigenvalue weighted by Gasteiger charge is -2.18. The van der Waals surface area contributed by atoms with E-state index in [0.29, 0.717) is 0 Å². The smallest absolute Gasteiger partial charge is 0.374 e. The first kappa shape index (κ1) is 8.84. The van der Waals surface area contributed by atoms with E-state index < -0.39 is 11.6 Å². The van der Waals surface area contributed by atoms with E-state index in [2.05, 4.69) is 0 Å². The molecule has 0 amide bonds. The van der Waals surface area contributed by atoms with Gasteiger partial charge in [-0.2, -0.15) is 0 Å². The van der Waals surface area contributed by atoms with Gasteiger partial charge in [0, 0.05) is 0 Å². The van der Waals surface area contributed by atoms with E-state index in [9.17, 15) is 4.79 Å². The fourth-order valence-electron chi connectivity index (χ4n) is 0.723. The lowest BCUT2D eigenvalue weighted by molar-refractivity contribution is 0.00360. The van der Waals surface area contributed by atoms with E-state index in [-0.39, 0.29) is 5.76 Å². The molecule has 3 nitrogen and oxygen atoms in total. The summed E-state index contributed by atoms with van der Waals surface area (Å²) < 4.78 is 9.92. The largest absolute Gasteiger partial charge is 0.457 e. The molecule has 1 aromatic rings. The normalized spacial score (nSPS) is 11.2. The minimum Gasteiger partial charge on any atom is -0.457 e. The van der Waals surface area contributed by atoms with Gasteiger partial charge in [0.25, 0.3) is 0 Å². The summed E-state index contributed by atoms with van der Waals surface area (Å²) in [6, 6.07) is 3.23. The number of carbonyl (C=O) groups excluding carboxylic acids is 1. The molecular formula is C9H12O3. The molecule has 0 N–H and O–H groups in total. The van der Waals surface area contributed by atoms with Crippen molar-refractivity contribution in [2.75, 3.05) is 0 Å². The zero-order valence-electron chi connectivity index (χ0n) is 7.46.